The third kappa shape index (κ3) is 2.89. The molecule has 2 atom stereocenters. The first-order valence-electron chi connectivity index (χ1n) is 6.06. The first-order chi connectivity index (χ1) is 9.73. The van der Waals surface area contributed by atoms with E-state index >= 15 is 0 Å². The summed E-state index contributed by atoms with van der Waals surface area (Å²) in [5.41, 5.74) is 5.21. The SMILES string of the molecule is NC(=O)c1ccc(S(=O)(=O)N2C[C@H](O)C[C@H]2C(=O)O)cc1. The number of nitrogens with two attached hydrogens (primary N) is 1. The number of aliphatic carboxylic acids is 1. The Kier molecular flexibility index (Phi) is 3.99. The molecule has 1 aromatic rings. The number of benzene rings is 1. The van der Waals surface area contributed by atoms with Crippen LogP contribution in [0.4, 0.5) is 0 Å². The van der Waals surface area contributed by atoms with Gasteiger partial charge in [0.1, 0.15) is 6.04 Å². The van der Waals surface area contributed by atoms with Gasteiger partial charge in [0, 0.05) is 18.5 Å². The van der Waals surface area contributed by atoms with Crippen molar-refractivity contribution >= 4 is 21.9 Å². The second-order valence-corrected chi connectivity index (χ2v) is 6.60. The molecule has 1 saturated heterocycles. The van der Waals surface area contributed by atoms with Crippen LogP contribution in [0.5, 0.6) is 0 Å². The number of primary amides is 1. The van der Waals surface area contributed by atoms with Crippen LogP contribution in [0.2, 0.25) is 0 Å². The van der Waals surface area contributed by atoms with Crippen LogP contribution in [-0.4, -0.2) is 53.5 Å². The Balaban J connectivity index is 2.37. The van der Waals surface area contributed by atoms with Crippen molar-refractivity contribution in [3.63, 3.8) is 0 Å². The lowest BCUT2D eigenvalue weighted by Crippen LogP contribution is -2.40. The van der Waals surface area contributed by atoms with Gasteiger partial charge >= 0.3 is 5.97 Å². The molecule has 1 aliphatic heterocycles. The van der Waals surface area contributed by atoms with Gasteiger partial charge in [0.15, 0.2) is 0 Å². The van der Waals surface area contributed by atoms with Crippen LogP contribution in [0.3, 0.4) is 0 Å². The van der Waals surface area contributed by atoms with Crippen LogP contribution in [0.15, 0.2) is 29.2 Å². The molecule has 1 amide bonds. The van der Waals surface area contributed by atoms with Crippen molar-refractivity contribution in [3.05, 3.63) is 29.8 Å². The third-order valence-corrected chi connectivity index (χ3v) is 5.15. The molecule has 4 N–H and O–H groups in total. The quantitative estimate of drug-likeness (QED) is 0.651. The average Bonchev–Trinajstić information content (AvgIpc) is 2.82. The Morgan fingerprint density at radius 1 is 1.24 bits per heavy atom. The monoisotopic (exact) mass is 314 g/mol. The Hall–Kier alpha value is -1.97. The summed E-state index contributed by atoms with van der Waals surface area (Å²) in [6.07, 6.45) is -1.18. The zero-order valence-electron chi connectivity index (χ0n) is 10.8. The number of carbonyl (C=O) groups is 2. The van der Waals surface area contributed by atoms with Crippen molar-refractivity contribution < 1.29 is 28.2 Å². The zero-order chi connectivity index (χ0) is 15.8. The smallest absolute Gasteiger partial charge is 0.322 e. The number of aliphatic hydroxyl groups excluding tert-OH is 1. The van der Waals surface area contributed by atoms with Gasteiger partial charge in [0.2, 0.25) is 15.9 Å². The fourth-order valence-corrected chi connectivity index (χ4v) is 3.83. The lowest BCUT2D eigenvalue weighted by atomic mass is 10.2. The summed E-state index contributed by atoms with van der Waals surface area (Å²) in [6, 6.07) is 3.55. The van der Waals surface area contributed by atoms with Gasteiger partial charge < -0.3 is 15.9 Å². The van der Waals surface area contributed by atoms with Crippen LogP contribution >= 0.6 is 0 Å². The summed E-state index contributed by atoms with van der Waals surface area (Å²) in [4.78, 5) is 21.9. The number of sulfonamides is 1. The number of β-amino-alcohol motifs (C(OH)–C–C–N with tert-alkyl or cyclic N) is 1. The predicted molar refractivity (Wildman–Crippen MR) is 70.9 cm³/mol. The number of amides is 1. The molecule has 8 nitrogen and oxygen atoms in total. The van der Waals surface area contributed by atoms with Gasteiger partial charge in [-0.05, 0) is 24.3 Å². The zero-order valence-corrected chi connectivity index (χ0v) is 11.7. The Morgan fingerprint density at radius 2 is 1.81 bits per heavy atom. The summed E-state index contributed by atoms with van der Waals surface area (Å²) >= 11 is 0. The standard InChI is InChI=1S/C12H14N2O6S/c13-11(16)7-1-3-9(4-2-7)21(19,20)14-6-8(15)5-10(14)12(17)18/h1-4,8,10,15H,5-6H2,(H2,13,16)(H,17,18)/t8-,10+/m1/s1. The molecule has 0 bridgehead atoms. The molecule has 1 fully saturated rings. The van der Waals surface area contributed by atoms with Crippen LogP contribution in [0, 0.1) is 0 Å². The fourth-order valence-electron chi connectivity index (χ4n) is 2.20. The molecule has 0 radical (unpaired) electrons. The Morgan fingerprint density at radius 3 is 2.29 bits per heavy atom. The molecule has 9 heteroatoms. The molecule has 1 aromatic carbocycles. The van der Waals surface area contributed by atoms with Gasteiger partial charge in [-0.3, -0.25) is 9.59 Å². The molecule has 0 spiro atoms. The maximum atomic E-state index is 12.4. The van der Waals surface area contributed by atoms with Crippen LogP contribution in [-0.2, 0) is 14.8 Å². The summed E-state index contributed by atoms with van der Waals surface area (Å²) in [5, 5.41) is 18.6. The fraction of sp³-hybridized carbons (Fsp3) is 0.333. The average molecular weight is 314 g/mol. The second kappa shape index (κ2) is 5.43. The van der Waals surface area contributed by atoms with E-state index in [2.05, 4.69) is 0 Å². The minimum Gasteiger partial charge on any atom is -0.480 e. The van der Waals surface area contributed by atoms with E-state index in [4.69, 9.17) is 10.8 Å². The van der Waals surface area contributed by atoms with E-state index in [1.165, 1.54) is 24.3 Å². The van der Waals surface area contributed by atoms with E-state index in [1.807, 2.05) is 0 Å². The van der Waals surface area contributed by atoms with Gasteiger partial charge in [0.25, 0.3) is 0 Å². The lowest BCUT2D eigenvalue weighted by Gasteiger charge is -2.20. The summed E-state index contributed by atoms with van der Waals surface area (Å²) in [5.74, 6) is -2.01. The van der Waals surface area contributed by atoms with Gasteiger partial charge in [-0.1, -0.05) is 0 Å². The summed E-state index contributed by atoms with van der Waals surface area (Å²) in [7, 11) is -4.07. The minimum absolute atomic E-state index is 0.144. The number of carboxylic acid groups (broad SMARTS) is 1. The predicted octanol–water partition coefficient (Wildman–Crippen LogP) is -1.01. The number of hydrogen-bond donors (Lipinski definition) is 3. The van der Waals surface area contributed by atoms with E-state index in [1.54, 1.807) is 0 Å². The topological polar surface area (TPSA) is 138 Å². The molecule has 21 heavy (non-hydrogen) atoms. The number of nitrogens with zero attached hydrogens (tertiary/aromatic N) is 1. The molecule has 2 rings (SSSR count). The van der Waals surface area contributed by atoms with E-state index in [0.29, 0.717) is 0 Å². The number of carbonyl (C=O) groups excluding carboxylic acids is 1. The first-order valence-corrected chi connectivity index (χ1v) is 7.50. The third-order valence-electron chi connectivity index (χ3n) is 3.26. The van der Waals surface area contributed by atoms with Crippen molar-refractivity contribution in [2.75, 3.05) is 6.54 Å². The largest absolute Gasteiger partial charge is 0.480 e. The molecule has 0 unspecified atom stereocenters. The molecule has 1 heterocycles. The Labute approximate surface area is 120 Å². The maximum absolute atomic E-state index is 12.4. The molecule has 1 aliphatic rings. The van der Waals surface area contributed by atoms with E-state index in [-0.39, 0.29) is 23.4 Å². The lowest BCUT2D eigenvalue weighted by molar-refractivity contribution is -0.140. The highest BCUT2D eigenvalue weighted by Crippen LogP contribution is 2.26. The van der Waals surface area contributed by atoms with Crippen molar-refractivity contribution in [1.82, 2.24) is 4.31 Å². The highest BCUT2D eigenvalue weighted by Gasteiger charge is 2.43. The number of rotatable bonds is 4. The minimum atomic E-state index is -4.07. The Bertz CT molecular complexity index is 669. The normalized spacial score (nSPS) is 23.1. The van der Waals surface area contributed by atoms with Gasteiger partial charge in [0.05, 0.1) is 11.0 Å². The number of aliphatic hydroxyl groups is 1. The molecule has 0 aliphatic carbocycles. The highest BCUT2D eigenvalue weighted by atomic mass is 32.2. The molecular formula is C12H14N2O6S. The van der Waals surface area contributed by atoms with E-state index < -0.39 is 34.0 Å². The number of carboxylic acids is 1. The highest BCUT2D eigenvalue weighted by molar-refractivity contribution is 7.89. The van der Waals surface area contributed by atoms with Gasteiger partial charge in [-0.15, -0.1) is 0 Å². The van der Waals surface area contributed by atoms with Crippen LogP contribution in [0.25, 0.3) is 0 Å². The van der Waals surface area contributed by atoms with Crippen molar-refractivity contribution in [2.24, 2.45) is 5.73 Å². The van der Waals surface area contributed by atoms with Crippen LogP contribution in [0.1, 0.15) is 16.8 Å². The van der Waals surface area contributed by atoms with E-state index in [9.17, 15) is 23.1 Å². The van der Waals surface area contributed by atoms with Gasteiger partial charge in [-0.25, -0.2) is 8.42 Å². The molecule has 0 aromatic heterocycles. The van der Waals surface area contributed by atoms with Crippen molar-refractivity contribution in [2.45, 2.75) is 23.5 Å². The molecule has 0 saturated carbocycles. The van der Waals surface area contributed by atoms with Crippen LogP contribution < -0.4 is 5.73 Å². The van der Waals surface area contributed by atoms with Gasteiger partial charge in [-0.2, -0.15) is 4.31 Å². The first kappa shape index (κ1) is 15.4. The number of hydrogen-bond acceptors (Lipinski definition) is 5. The second-order valence-electron chi connectivity index (χ2n) is 4.71. The molecular weight excluding hydrogens is 300 g/mol. The van der Waals surface area contributed by atoms with Crippen molar-refractivity contribution in [1.29, 1.82) is 0 Å². The maximum Gasteiger partial charge on any atom is 0.322 e. The van der Waals surface area contributed by atoms with E-state index in [0.717, 1.165) is 4.31 Å². The van der Waals surface area contributed by atoms with Crippen molar-refractivity contribution in [3.8, 4) is 0 Å². The summed E-state index contributed by atoms with van der Waals surface area (Å²) in [6.45, 7) is -0.281. The molecule has 114 valence electrons. The summed E-state index contributed by atoms with van der Waals surface area (Å²) < 4.78 is 25.6.